The number of rotatable bonds is 10. The molecule has 0 aliphatic carbocycles. The van der Waals surface area contributed by atoms with E-state index in [-0.39, 0.29) is 17.5 Å². The summed E-state index contributed by atoms with van der Waals surface area (Å²) in [5, 5.41) is 2.98. The van der Waals surface area contributed by atoms with Crippen molar-refractivity contribution in [1.29, 1.82) is 0 Å². The van der Waals surface area contributed by atoms with Gasteiger partial charge in [0.15, 0.2) is 0 Å². The monoisotopic (exact) mass is 466 g/mol. The second-order valence-corrected chi connectivity index (χ2v) is 9.53. The highest BCUT2D eigenvalue weighted by atomic mass is 32.2. The number of amides is 1. The normalized spacial score (nSPS) is 12.1. The Balaban J connectivity index is 1.97. The number of anilines is 1. The highest BCUT2D eigenvalue weighted by Crippen LogP contribution is 2.32. The fourth-order valence-corrected chi connectivity index (χ4v) is 4.99. The Bertz CT molecular complexity index is 1160. The standard InChI is InChI=1S/C26H30N2O4S/c1-4-23(21-11-7-6-8-12-21)27-26(29)19-28(24-13-9-10-14-25(24)32-5-2)33(30,31)22-17-15-20(3)16-18-22/h6-18,23H,4-5,19H2,1-3H3,(H,27,29)/t23-/m0/s1. The van der Waals surface area contributed by atoms with E-state index in [1.54, 1.807) is 48.5 Å². The Morgan fingerprint density at radius 2 is 1.58 bits per heavy atom. The first-order valence-electron chi connectivity index (χ1n) is 11.0. The molecule has 3 aromatic carbocycles. The fourth-order valence-electron chi connectivity index (χ4n) is 3.55. The van der Waals surface area contributed by atoms with Crippen LogP contribution in [0.15, 0.2) is 83.8 Å². The van der Waals surface area contributed by atoms with Gasteiger partial charge in [-0.05, 0) is 50.1 Å². The van der Waals surface area contributed by atoms with Gasteiger partial charge in [-0.15, -0.1) is 0 Å². The molecular formula is C26H30N2O4S. The topological polar surface area (TPSA) is 75.7 Å². The van der Waals surface area contributed by atoms with Crippen molar-refractivity contribution in [2.24, 2.45) is 0 Å². The van der Waals surface area contributed by atoms with Gasteiger partial charge in [0.05, 0.1) is 23.2 Å². The van der Waals surface area contributed by atoms with Crippen LogP contribution in [0.25, 0.3) is 0 Å². The van der Waals surface area contributed by atoms with Crippen LogP contribution in [-0.4, -0.2) is 27.5 Å². The minimum atomic E-state index is -4.02. The number of sulfonamides is 1. The quantitative estimate of drug-likeness (QED) is 0.463. The van der Waals surface area contributed by atoms with Crippen LogP contribution in [0.3, 0.4) is 0 Å². The van der Waals surface area contributed by atoms with Gasteiger partial charge >= 0.3 is 0 Å². The first kappa shape index (κ1) is 24.3. The molecule has 0 aromatic heterocycles. The molecule has 1 atom stereocenters. The Labute approximate surface area is 196 Å². The van der Waals surface area contributed by atoms with E-state index in [9.17, 15) is 13.2 Å². The van der Waals surface area contributed by atoms with E-state index in [0.717, 1.165) is 15.4 Å². The summed E-state index contributed by atoms with van der Waals surface area (Å²) in [7, 11) is -4.02. The zero-order valence-corrected chi connectivity index (χ0v) is 20.0. The number of hydrogen-bond acceptors (Lipinski definition) is 4. The number of carbonyl (C=O) groups excluding carboxylic acids is 1. The molecule has 0 unspecified atom stereocenters. The molecule has 0 fully saturated rings. The lowest BCUT2D eigenvalue weighted by molar-refractivity contribution is -0.120. The average Bonchev–Trinajstić information content (AvgIpc) is 2.82. The lowest BCUT2D eigenvalue weighted by Crippen LogP contribution is -2.42. The van der Waals surface area contributed by atoms with E-state index < -0.39 is 15.9 Å². The number of para-hydroxylation sites is 2. The molecule has 1 N–H and O–H groups in total. The molecule has 7 heteroatoms. The van der Waals surface area contributed by atoms with Crippen LogP contribution in [0, 0.1) is 6.92 Å². The van der Waals surface area contributed by atoms with Gasteiger partial charge in [-0.2, -0.15) is 0 Å². The van der Waals surface area contributed by atoms with Crippen LogP contribution in [0.2, 0.25) is 0 Å². The summed E-state index contributed by atoms with van der Waals surface area (Å²) >= 11 is 0. The molecule has 33 heavy (non-hydrogen) atoms. The molecule has 1 amide bonds. The van der Waals surface area contributed by atoms with E-state index in [2.05, 4.69) is 5.32 Å². The fraction of sp³-hybridized carbons (Fsp3) is 0.269. The maximum atomic E-state index is 13.7. The van der Waals surface area contributed by atoms with E-state index in [4.69, 9.17) is 4.74 Å². The van der Waals surface area contributed by atoms with E-state index in [1.165, 1.54) is 0 Å². The summed E-state index contributed by atoms with van der Waals surface area (Å²) in [5.41, 5.74) is 2.24. The first-order valence-corrected chi connectivity index (χ1v) is 12.5. The van der Waals surface area contributed by atoms with Gasteiger partial charge in [0.2, 0.25) is 5.91 Å². The molecule has 0 heterocycles. The second kappa shape index (κ2) is 11.0. The van der Waals surface area contributed by atoms with Crippen molar-refractivity contribution in [2.45, 2.75) is 38.1 Å². The minimum Gasteiger partial charge on any atom is -0.492 e. The summed E-state index contributed by atoms with van der Waals surface area (Å²) in [6.07, 6.45) is 0.677. The highest BCUT2D eigenvalue weighted by molar-refractivity contribution is 7.92. The maximum absolute atomic E-state index is 13.7. The van der Waals surface area contributed by atoms with Crippen molar-refractivity contribution in [2.75, 3.05) is 17.5 Å². The third-order valence-electron chi connectivity index (χ3n) is 5.28. The van der Waals surface area contributed by atoms with Crippen LogP contribution in [-0.2, 0) is 14.8 Å². The molecule has 0 aliphatic rings. The van der Waals surface area contributed by atoms with Gasteiger partial charge < -0.3 is 10.1 Å². The summed E-state index contributed by atoms with van der Waals surface area (Å²) in [5.74, 6) is 0.00581. The Hall–Kier alpha value is -3.32. The molecule has 0 aliphatic heterocycles. The molecule has 0 saturated carbocycles. The number of hydrogen-bond donors (Lipinski definition) is 1. The lowest BCUT2D eigenvalue weighted by Gasteiger charge is -2.27. The van der Waals surface area contributed by atoms with E-state index in [0.29, 0.717) is 24.5 Å². The molecule has 0 bridgehead atoms. The lowest BCUT2D eigenvalue weighted by atomic mass is 10.0. The zero-order valence-electron chi connectivity index (χ0n) is 19.2. The highest BCUT2D eigenvalue weighted by Gasteiger charge is 2.30. The molecule has 174 valence electrons. The zero-order chi connectivity index (χ0) is 23.8. The van der Waals surface area contributed by atoms with Gasteiger partial charge in [-0.1, -0.05) is 67.1 Å². The smallest absolute Gasteiger partial charge is 0.264 e. The van der Waals surface area contributed by atoms with Gasteiger partial charge in [0, 0.05) is 0 Å². The van der Waals surface area contributed by atoms with Crippen molar-refractivity contribution >= 4 is 21.6 Å². The minimum absolute atomic E-state index is 0.113. The van der Waals surface area contributed by atoms with E-state index >= 15 is 0 Å². The first-order chi connectivity index (χ1) is 15.9. The number of aryl methyl sites for hydroxylation is 1. The maximum Gasteiger partial charge on any atom is 0.264 e. The van der Waals surface area contributed by atoms with Gasteiger partial charge in [-0.3, -0.25) is 9.10 Å². The molecule has 3 aromatic rings. The number of nitrogens with one attached hydrogen (secondary N) is 1. The molecule has 3 rings (SSSR count). The van der Waals surface area contributed by atoms with Crippen LogP contribution in [0.1, 0.15) is 37.4 Å². The third kappa shape index (κ3) is 5.93. The predicted molar refractivity (Wildman–Crippen MR) is 131 cm³/mol. The predicted octanol–water partition coefficient (Wildman–Crippen LogP) is 4.86. The molecule has 0 saturated heterocycles. The molecular weight excluding hydrogens is 436 g/mol. The molecule has 6 nitrogen and oxygen atoms in total. The van der Waals surface area contributed by atoms with Gasteiger partial charge in [0.25, 0.3) is 10.0 Å². The number of carbonyl (C=O) groups is 1. The van der Waals surface area contributed by atoms with Crippen LogP contribution < -0.4 is 14.4 Å². The van der Waals surface area contributed by atoms with Gasteiger partial charge in [-0.25, -0.2) is 8.42 Å². The Kier molecular flexibility index (Phi) is 8.11. The third-order valence-corrected chi connectivity index (χ3v) is 7.05. The second-order valence-electron chi connectivity index (χ2n) is 7.66. The van der Waals surface area contributed by atoms with Crippen LogP contribution >= 0.6 is 0 Å². The molecule has 0 radical (unpaired) electrons. The van der Waals surface area contributed by atoms with Crippen molar-refractivity contribution < 1.29 is 17.9 Å². The SMILES string of the molecule is CCOc1ccccc1N(CC(=O)N[C@@H](CC)c1ccccc1)S(=O)(=O)c1ccc(C)cc1. The number of ether oxygens (including phenoxy) is 1. The van der Waals surface area contributed by atoms with Crippen LogP contribution in [0.5, 0.6) is 5.75 Å². The Morgan fingerprint density at radius 1 is 0.939 bits per heavy atom. The van der Waals surface area contributed by atoms with Crippen molar-refractivity contribution in [1.82, 2.24) is 5.32 Å². The summed E-state index contributed by atoms with van der Waals surface area (Å²) in [6.45, 7) is 5.69. The van der Waals surface area contributed by atoms with Crippen molar-refractivity contribution in [3.8, 4) is 5.75 Å². The summed E-state index contributed by atoms with van der Waals surface area (Å²) in [6, 6.07) is 22.8. The summed E-state index contributed by atoms with van der Waals surface area (Å²) in [4.78, 5) is 13.2. The van der Waals surface area contributed by atoms with E-state index in [1.807, 2.05) is 51.1 Å². The van der Waals surface area contributed by atoms with Crippen LogP contribution in [0.4, 0.5) is 5.69 Å². The number of nitrogens with zero attached hydrogens (tertiary/aromatic N) is 1. The largest absolute Gasteiger partial charge is 0.492 e. The van der Waals surface area contributed by atoms with Crippen molar-refractivity contribution in [3.05, 3.63) is 90.0 Å². The summed E-state index contributed by atoms with van der Waals surface area (Å²) < 4.78 is 34.1. The number of benzene rings is 3. The Morgan fingerprint density at radius 3 is 2.21 bits per heavy atom. The average molecular weight is 467 g/mol. The van der Waals surface area contributed by atoms with Crippen molar-refractivity contribution in [3.63, 3.8) is 0 Å². The molecule has 0 spiro atoms. The van der Waals surface area contributed by atoms with Gasteiger partial charge in [0.1, 0.15) is 12.3 Å².